The molecule has 0 atom stereocenters. The van der Waals surface area contributed by atoms with Gasteiger partial charge in [0.15, 0.2) is 0 Å². The van der Waals surface area contributed by atoms with Crippen molar-refractivity contribution in [2.24, 2.45) is 0 Å². The summed E-state index contributed by atoms with van der Waals surface area (Å²) >= 11 is 0. The van der Waals surface area contributed by atoms with Gasteiger partial charge in [0.25, 0.3) is 0 Å². The number of hydrogen-bond donors (Lipinski definition) is 4. The van der Waals surface area contributed by atoms with Crippen LogP contribution in [-0.2, 0) is 0 Å². The molecule has 0 radical (unpaired) electrons. The zero-order valence-corrected chi connectivity index (χ0v) is 4.79. The van der Waals surface area contributed by atoms with Crippen LogP contribution in [0.15, 0.2) is 0 Å². The molecule has 0 heterocycles. The number of hydrogen-bond acceptors (Lipinski definition) is 4. The molecule has 0 aromatic heterocycles. The maximum Gasteiger partial charge on any atom is 1.00 e. The van der Waals surface area contributed by atoms with E-state index in [1.165, 1.54) is 0 Å². The van der Waals surface area contributed by atoms with Crippen molar-refractivity contribution in [1.29, 1.82) is 0 Å². The van der Waals surface area contributed by atoms with Crippen molar-refractivity contribution in [2.75, 3.05) is 0 Å². The minimum Gasteiger partial charge on any atom is -1.00 e. The van der Waals surface area contributed by atoms with Gasteiger partial charge >= 0.3 is 29.6 Å². The maximum atomic E-state index is 6.00. The molecule has 0 spiro atoms. The first-order valence-electron chi connectivity index (χ1n) is 0.400. The van der Waals surface area contributed by atoms with Gasteiger partial charge in [0.1, 0.15) is 0 Å². The van der Waals surface area contributed by atoms with Crippen LogP contribution in [0.2, 0.25) is 0 Å². The van der Waals surface area contributed by atoms with Crippen LogP contribution in [0.5, 0.6) is 0 Å². The van der Waals surface area contributed by atoms with Crippen LogP contribution in [0, 0.1) is 0 Å². The van der Waals surface area contributed by atoms with Crippen LogP contribution in [0.1, 0.15) is 1.43 Å². The Morgan fingerprint density at radius 1 is 0.800 bits per heavy atom. The number of rotatable bonds is 0. The van der Waals surface area contributed by atoms with Crippen LogP contribution in [-0.4, -0.2) is 21.0 Å². The van der Waals surface area contributed by atoms with Gasteiger partial charge in [-0.25, -0.2) is 0 Å². The van der Waals surface area contributed by atoms with Crippen LogP contribution in [0.4, 0.5) is 0 Å². The molecule has 0 aromatic rings. The minimum absolute atomic E-state index is 0. The van der Waals surface area contributed by atoms with E-state index in [1.807, 2.05) is 0 Å². The van der Waals surface area contributed by atoms with Gasteiger partial charge in [-0.1, -0.05) is 0 Å². The molecule has 0 aliphatic heterocycles. The molecule has 30 valence electrons. The first-order valence-corrected chi connectivity index (χ1v) is 0.400. The molecule has 0 aliphatic rings. The van der Waals surface area contributed by atoms with Crippen molar-refractivity contribution in [3.05, 3.63) is 0 Å². The Balaban J connectivity index is -0.00000000500. The first kappa shape index (κ1) is 17.0. The average molecular weight is 92.0 g/mol. The maximum absolute atomic E-state index is 6.00. The zero-order chi connectivity index (χ0) is 4.00. The third-order valence-electron chi connectivity index (χ3n) is 0. The summed E-state index contributed by atoms with van der Waals surface area (Å²) < 4.78 is 0. The standard InChI is InChI=1S/Na.2H2O2.H/c;2*1-2;/h;2*1-2H;/q+1;;;-1. The summed E-state index contributed by atoms with van der Waals surface area (Å²) in [7, 11) is 0. The summed E-state index contributed by atoms with van der Waals surface area (Å²) in [4.78, 5) is 0. The predicted molar refractivity (Wildman–Crippen MR) is 11.6 cm³/mol. The zero-order valence-electron chi connectivity index (χ0n) is 3.79. The van der Waals surface area contributed by atoms with Crippen molar-refractivity contribution in [2.45, 2.75) is 0 Å². The smallest absolute Gasteiger partial charge is 1.00 e. The van der Waals surface area contributed by atoms with Crippen LogP contribution in [0.25, 0.3) is 0 Å². The molecule has 0 rings (SSSR count). The monoisotopic (exact) mass is 92.0 g/mol. The summed E-state index contributed by atoms with van der Waals surface area (Å²) in [6.45, 7) is 0. The summed E-state index contributed by atoms with van der Waals surface area (Å²) in [5.74, 6) is 0. The molecule has 4 nitrogen and oxygen atoms in total. The predicted octanol–water partition coefficient (Wildman–Crippen LogP) is -2.85. The van der Waals surface area contributed by atoms with Gasteiger partial charge in [-0.15, -0.1) is 0 Å². The summed E-state index contributed by atoms with van der Waals surface area (Å²) in [5.41, 5.74) is 0. The van der Waals surface area contributed by atoms with Crippen molar-refractivity contribution >= 4 is 0 Å². The van der Waals surface area contributed by atoms with E-state index in [0.717, 1.165) is 0 Å². The molecule has 0 saturated heterocycles. The molecular formula is H5NaO4. The molecule has 0 bridgehead atoms. The molecule has 0 aliphatic carbocycles. The molecule has 0 amide bonds. The van der Waals surface area contributed by atoms with Crippen LogP contribution >= 0.6 is 0 Å². The third kappa shape index (κ3) is 55.3. The van der Waals surface area contributed by atoms with Gasteiger partial charge in [-0.3, -0.25) is 21.0 Å². The van der Waals surface area contributed by atoms with E-state index in [0.29, 0.717) is 0 Å². The van der Waals surface area contributed by atoms with Gasteiger partial charge < -0.3 is 1.43 Å². The molecule has 0 saturated carbocycles. The van der Waals surface area contributed by atoms with Gasteiger partial charge in [0.2, 0.25) is 0 Å². The average Bonchev–Trinajstić information content (AvgIpc) is 1.50. The fourth-order valence-electron chi connectivity index (χ4n) is 0. The second-order valence-corrected chi connectivity index (χ2v) is 0. The van der Waals surface area contributed by atoms with E-state index >= 15 is 0 Å². The SMILES string of the molecule is OO.OO.[H-].[Na+]. The molecule has 5 heavy (non-hydrogen) atoms. The Bertz CT molecular complexity index is 7.51. The fraction of sp³-hybridized carbons (Fsp3) is 0. The molecule has 4 N–H and O–H groups in total. The van der Waals surface area contributed by atoms with E-state index in [2.05, 4.69) is 0 Å². The van der Waals surface area contributed by atoms with E-state index < -0.39 is 0 Å². The quantitative estimate of drug-likeness (QED) is 0.147. The van der Waals surface area contributed by atoms with Crippen molar-refractivity contribution in [3.8, 4) is 0 Å². The second-order valence-electron chi connectivity index (χ2n) is 0. The summed E-state index contributed by atoms with van der Waals surface area (Å²) in [5, 5.41) is 24.0. The molecule has 0 fully saturated rings. The molecule has 5 heteroatoms. The Labute approximate surface area is 52.3 Å². The van der Waals surface area contributed by atoms with Gasteiger partial charge in [-0.2, -0.15) is 0 Å². The first-order chi connectivity index (χ1) is 2.00. The Kier molecular flexibility index (Phi) is 343. The molecule has 0 unspecified atom stereocenters. The van der Waals surface area contributed by atoms with E-state index in [9.17, 15) is 0 Å². The fourth-order valence-corrected chi connectivity index (χ4v) is 0. The molecular weight excluding hydrogens is 87.0 g/mol. The Morgan fingerprint density at radius 3 is 0.800 bits per heavy atom. The van der Waals surface area contributed by atoms with Crippen molar-refractivity contribution < 1.29 is 52.0 Å². The summed E-state index contributed by atoms with van der Waals surface area (Å²) in [6, 6.07) is 0. The van der Waals surface area contributed by atoms with Gasteiger partial charge in [0, 0.05) is 0 Å². The van der Waals surface area contributed by atoms with Crippen molar-refractivity contribution in [3.63, 3.8) is 0 Å². The topological polar surface area (TPSA) is 80.9 Å². The van der Waals surface area contributed by atoms with E-state index in [1.54, 1.807) is 0 Å². The van der Waals surface area contributed by atoms with Gasteiger partial charge in [0.05, 0.1) is 0 Å². The van der Waals surface area contributed by atoms with E-state index in [-0.39, 0.29) is 31.0 Å². The minimum atomic E-state index is 0. The van der Waals surface area contributed by atoms with Crippen LogP contribution < -0.4 is 29.6 Å². The Hall–Kier alpha value is 0.840. The Morgan fingerprint density at radius 2 is 0.800 bits per heavy atom. The van der Waals surface area contributed by atoms with Crippen LogP contribution in [0.3, 0.4) is 0 Å². The van der Waals surface area contributed by atoms with E-state index in [4.69, 9.17) is 21.0 Å². The largest absolute Gasteiger partial charge is 1.00 e. The third-order valence-corrected chi connectivity index (χ3v) is 0. The summed E-state index contributed by atoms with van der Waals surface area (Å²) in [6.07, 6.45) is 0. The van der Waals surface area contributed by atoms with Gasteiger partial charge in [-0.05, 0) is 0 Å². The molecule has 0 aromatic carbocycles. The normalized spacial score (nSPS) is 2.40. The van der Waals surface area contributed by atoms with Crippen molar-refractivity contribution in [1.82, 2.24) is 0 Å². The second kappa shape index (κ2) is 101.